The van der Waals surface area contributed by atoms with Crippen molar-refractivity contribution in [3.63, 3.8) is 0 Å². The standard InChI is InChI=1S/C15H18ClNO/c16-8-9-17(14-6-7-14)15(18)13-5-4-11-2-1-3-12(11)10-13/h4-5,10,14H,1-3,6-9H2. The largest absolute Gasteiger partial charge is 0.334 e. The number of benzene rings is 1. The lowest BCUT2D eigenvalue weighted by molar-refractivity contribution is 0.0753. The second kappa shape index (κ2) is 4.93. The van der Waals surface area contributed by atoms with Crippen molar-refractivity contribution in [3.8, 4) is 0 Å². The van der Waals surface area contributed by atoms with E-state index in [1.54, 1.807) is 0 Å². The number of hydrogen-bond acceptors (Lipinski definition) is 1. The summed E-state index contributed by atoms with van der Waals surface area (Å²) in [6, 6.07) is 6.63. The Balaban J connectivity index is 1.82. The van der Waals surface area contributed by atoms with Gasteiger partial charge in [-0.1, -0.05) is 6.07 Å². The molecule has 0 radical (unpaired) electrons. The summed E-state index contributed by atoms with van der Waals surface area (Å²) < 4.78 is 0. The number of rotatable bonds is 4. The number of hydrogen-bond donors (Lipinski definition) is 0. The molecule has 2 aliphatic carbocycles. The van der Waals surface area contributed by atoms with Gasteiger partial charge in [-0.25, -0.2) is 0 Å². The van der Waals surface area contributed by atoms with E-state index in [1.165, 1.54) is 17.5 Å². The van der Waals surface area contributed by atoms with Crippen LogP contribution in [0.3, 0.4) is 0 Å². The molecule has 1 saturated carbocycles. The fourth-order valence-corrected chi connectivity index (χ4v) is 2.98. The first-order valence-corrected chi connectivity index (χ1v) is 7.32. The van der Waals surface area contributed by atoms with Gasteiger partial charge in [0, 0.05) is 24.0 Å². The van der Waals surface area contributed by atoms with Gasteiger partial charge in [-0.15, -0.1) is 11.6 Å². The maximum absolute atomic E-state index is 12.5. The molecule has 3 rings (SSSR count). The summed E-state index contributed by atoms with van der Waals surface area (Å²) in [4.78, 5) is 14.4. The first-order valence-electron chi connectivity index (χ1n) is 6.78. The third kappa shape index (κ3) is 2.26. The van der Waals surface area contributed by atoms with E-state index in [1.807, 2.05) is 11.0 Å². The van der Waals surface area contributed by atoms with Crippen molar-refractivity contribution in [1.29, 1.82) is 0 Å². The van der Waals surface area contributed by atoms with Crippen molar-refractivity contribution in [2.75, 3.05) is 12.4 Å². The van der Waals surface area contributed by atoms with Crippen molar-refractivity contribution in [2.24, 2.45) is 0 Å². The number of alkyl halides is 1. The summed E-state index contributed by atoms with van der Waals surface area (Å²) in [5, 5.41) is 0. The fourth-order valence-electron chi connectivity index (χ4n) is 2.80. The van der Waals surface area contributed by atoms with E-state index in [9.17, 15) is 4.79 Å². The molecule has 0 aromatic heterocycles. The molecule has 0 bridgehead atoms. The maximum Gasteiger partial charge on any atom is 0.254 e. The average Bonchev–Trinajstić information content (AvgIpc) is 3.12. The number of amides is 1. The van der Waals surface area contributed by atoms with Crippen LogP contribution in [0.25, 0.3) is 0 Å². The monoisotopic (exact) mass is 263 g/mol. The van der Waals surface area contributed by atoms with Crippen LogP contribution in [0.15, 0.2) is 18.2 Å². The van der Waals surface area contributed by atoms with Crippen LogP contribution in [0, 0.1) is 0 Å². The molecule has 0 heterocycles. The van der Waals surface area contributed by atoms with Gasteiger partial charge in [-0.2, -0.15) is 0 Å². The van der Waals surface area contributed by atoms with Crippen LogP contribution >= 0.6 is 11.6 Å². The Hall–Kier alpha value is -1.02. The van der Waals surface area contributed by atoms with Crippen LogP contribution in [0.5, 0.6) is 0 Å². The van der Waals surface area contributed by atoms with Crippen LogP contribution in [0.4, 0.5) is 0 Å². The van der Waals surface area contributed by atoms with Gasteiger partial charge in [0.2, 0.25) is 0 Å². The maximum atomic E-state index is 12.5. The predicted octanol–water partition coefficient (Wildman–Crippen LogP) is 3.02. The lowest BCUT2D eigenvalue weighted by atomic mass is 10.1. The van der Waals surface area contributed by atoms with E-state index >= 15 is 0 Å². The molecule has 0 unspecified atom stereocenters. The van der Waals surface area contributed by atoms with Gasteiger partial charge in [0.05, 0.1) is 0 Å². The number of aryl methyl sites for hydroxylation is 2. The quantitative estimate of drug-likeness (QED) is 0.765. The zero-order valence-corrected chi connectivity index (χ0v) is 11.2. The van der Waals surface area contributed by atoms with E-state index in [2.05, 4.69) is 12.1 Å². The third-order valence-electron chi connectivity index (χ3n) is 3.92. The zero-order valence-electron chi connectivity index (χ0n) is 10.5. The van der Waals surface area contributed by atoms with E-state index < -0.39 is 0 Å². The Bertz CT molecular complexity index is 468. The van der Waals surface area contributed by atoms with E-state index in [0.29, 0.717) is 18.5 Å². The Morgan fingerprint density at radius 1 is 1.28 bits per heavy atom. The smallest absolute Gasteiger partial charge is 0.254 e. The van der Waals surface area contributed by atoms with Gasteiger partial charge in [-0.05, 0) is 55.4 Å². The SMILES string of the molecule is O=C(c1ccc2c(c1)CCC2)N(CCCl)C1CC1. The Kier molecular flexibility index (Phi) is 3.29. The third-order valence-corrected chi connectivity index (χ3v) is 4.09. The number of carbonyl (C=O) groups is 1. The molecule has 2 aliphatic rings. The molecule has 1 aromatic carbocycles. The molecule has 1 fully saturated rings. The normalized spacial score (nSPS) is 17.6. The number of halogens is 1. The van der Waals surface area contributed by atoms with E-state index in [4.69, 9.17) is 11.6 Å². The minimum absolute atomic E-state index is 0.160. The van der Waals surface area contributed by atoms with E-state index in [0.717, 1.165) is 31.2 Å². The molecular formula is C15H18ClNO. The number of nitrogens with zero attached hydrogens (tertiary/aromatic N) is 1. The van der Waals surface area contributed by atoms with Crippen LogP contribution < -0.4 is 0 Å². The van der Waals surface area contributed by atoms with Crippen LogP contribution in [-0.2, 0) is 12.8 Å². The number of fused-ring (bicyclic) bond motifs is 1. The van der Waals surface area contributed by atoms with Gasteiger partial charge in [0.15, 0.2) is 0 Å². The molecule has 0 aliphatic heterocycles. The van der Waals surface area contributed by atoms with Gasteiger partial charge < -0.3 is 4.90 Å². The summed E-state index contributed by atoms with van der Waals surface area (Å²) in [6.07, 6.45) is 5.77. The summed E-state index contributed by atoms with van der Waals surface area (Å²) in [6.45, 7) is 0.669. The molecule has 2 nitrogen and oxygen atoms in total. The molecular weight excluding hydrogens is 246 g/mol. The molecule has 0 atom stereocenters. The summed E-state index contributed by atoms with van der Waals surface area (Å²) in [7, 11) is 0. The molecule has 0 spiro atoms. The fraction of sp³-hybridized carbons (Fsp3) is 0.533. The first kappa shape index (κ1) is 12.0. The highest BCUT2D eigenvalue weighted by molar-refractivity contribution is 6.18. The molecule has 3 heteroatoms. The summed E-state index contributed by atoms with van der Waals surface area (Å²) in [5.74, 6) is 0.681. The van der Waals surface area contributed by atoms with Crippen LogP contribution in [0.1, 0.15) is 40.7 Å². The van der Waals surface area contributed by atoms with Gasteiger partial charge in [0.25, 0.3) is 5.91 Å². The molecule has 0 N–H and O–H groups in total. The summed E-state index contributed by atoms with van der Waals surface area (Å²) in [5.41, 5.74) is 3.62. The summed E-state index contributed by atoms with van der Waals surface area (Å²) >= 11 is 5.80. The number of carbonyl (C=O) groups excluding carboxylic acids is 1. The molecule has 96 valence electrons. The predicted molar refractivity (Wildman–Crippen MR) is 73.2 cm³/mol. The minimum atomic E-state index is 0.160. The second-order valence-electron chi connectivity index (χ2n) is 5.26. The molecule has 1 amide bonds. The van der Waals surface area contributed by atoms with Gasteiger partial charge in [0.1, 0.15) is 0 Å². The Labute approximate surface area is 113 Å². The van der Waals surface area contributed by atoms with Gasteiger partial charge in [-0.3, -0.25) is 4.79 Å². The van der Waals surface area contributed by atoms with Crippen molar-refractivity contribution in [2.45, 2.75) is 38.1 Å². The molecule has 1 aromatic rings. The lowest BCUT2D eigenvalue weighted by Gasteiger charge is -2.21. The Morgan fingerprint density at radius 3 is 2.78 bits per heavy atom. The van der Waals surface area contributed by atoms with Crippen molar-refractivity contribution in [1.82, 2.24) is 4.90 Å². The van der Waals surface area contributed by atoms with Crippen molar-refractivity contribution in [3.05, 3.63) is 34.9 Å². The zero-order chi connectivity index (χ0) is 12.5. The van der Waals surface area contributed by atoms with E-state index in [-0.39, 0.29) is 5.91 Å². The highest BCUT2D eigenvalue weighted by atomic mass is 35.5. The highest BCUT2D eigenvalue weighted by Crippen LogP contribution is 2.29. The van der Waals surface area contributed by atoms with Gasteiger partial charge >= 0.3 is 0 Å². The average molecular weight is 264 g/mol. The Morgan fingerprint density at radius 2 is 2.06 bits per heavy atom. The topological polar surface area (TPSA) is 20.3 Å². The van der Waals surface area contributed by atoms with Crippen LogP contribution in [-0.4, -0.2) is 29.3 Å². The first-order chi connectivity index (χ1) is 8.79. The molecule has 18 heavy (non-hydrogen) atoms. The van der Waals surface area contributed by atoms with Crippen molar-refractivity contribution >= 4 is 17.5 Å². The highest BCUT2D eigenvalue weighted by Gasteiger charge is 2.32. The van der Waals surface area contributed by atoms with Crippen LogP contribution in [0.2, 0.25) is 0 Å². The second-order valence-corrected chi connectivity index (χ2v) is 5.63. The molecule has 0 saturated heterocycles. The minimum Gasteiger partial charge on any atom is -0.334 e. The van der Waals surface area contributed by atoms with Crippen molar-refractivity contribution < 1.29 is 4.79 Å². The lowest BCUT2D eigenvalue weighted by Crippen LogP contribution is -2.34.